The first kappa shape index (κ1) is 29.7. The SMILES string of the molecule is CCOC(=O)C1CCN(Cc2ccc(OC)cc2)CC1=O.[2H]C1([2H])C(=O)C(C(=O)OCC)CCN1Cc1ccc(OC)cc1. The summed E-state index contributed by atoms with van der Waals surface area (Å²) in [6.07, 6.45) is 0.807. The van der Waals surface area contributed by atoms with E-state index in [1.54, 1.807) is 40.2 Å². The number of Topliss-reactive ketones (excluding diaryl/α,β-unsaturated/α-hetero) is 2. The van der Waals surface area contributed by atoms with Gasteiger partial charge in [-0.1, -0.05) is 24.3 Å². The van der Waals surface area contributed by atoms with Gasteiger partial charge in [0, 0.05) is 26.2 Å². The van der Waals surface area contributed by atoms with E-state index in [-0.39, 0.29) is 31.3 Å². The first-order valence-corrected chi connectivity index (χ1v) is 14.2. The summed E-state index contributed by atoms with van der Waals surface area (Å²) in [7, 11) is 3.21. The number of likely N-dealkylation sites (tertiary alicyclic amines) is 2. The van der Waals surface area contributed by atoms with E-state index in [1.807, 2.05) is 36.4 Å². The number of hydrogen-bond acceptors (Lipinski definition) is 10. The zero-order valence-electron chi connectivity index (χ0n) is 26.8. The number of esters is 2. The average molecular weight is 585 g/mol. The van der Waals surface area contributed by atoms with Gasteiger partial charge in [0.05, 0.1) is 43.2 Å². The van der Waals surface area contributed by atoms with Gasteiger partial charge < -0.3 is 18.9 Å². The number of benzene rings is 2. The Bertz CT molecular complexity index is 1270. The maximum Gasteiger partial charge on any atom is 0.316 e. The average Bonchev–Trinajstić information content (AvgIpc) is 3.01. The number of piperidine rings is 2. The zero-order chi connectivity index (χ0) is 32.3. The topological polar surface area (TPSA) is 112 Å². The molecule has 2 fully saturated rings. The van der Waals surface area contributed by atoms with Gasteiger partial charge in [-0.3, -0.25) is 29.0 Å². The molecular formula is C32H42N2O8. The van der Waals surface area contributed by atoms with Gasteiger partial charge in [-0.2, -0.15) is 0 Å². The molecule has 2 aromatic carbocycles. The predicted molar refractivity (Wildman–Crippen MR) is 156 cm³/mol. The molecule has 0 aliphatic carbocycles. The summed E-state index contributed by atoms with van der Waals surface area (Å²) >= 11 is 0. The number of ether oxygens (including phenoxy) is 4. The maximum atomic E-state index is 12.3. The minimum absolute atomic E-state index is 0.0480. The number of carbonyl (C=O) groups excluding carboxylic acids is 4. The Balaban J connectivity index is 0.000000241. The summed E-state index contributed by atoms with van der Waals surface area (Å²) in [5, 5.41) is 0. The van der Waals surface area contributed by atoms with Crippen molar-refractivity contribution < 1.29 is 40.9 Å². The first-order chi connectivity index (χ1) is 21.0. The lowest BCUT2D eigenvalue weighted by Gasteiger charge is -2.29. The standard InChI is InChI=1S/2C16H21NO4/c2*1-3-21-16(19)14-8-9-17(11-15(14)18)10-12-4-6-13(20-2)7-5-12/h2*4-7,14H,3,8-11H2,1-2H3/i11D2;. The fourth-order valence-electron chi connectivity index (χ4n) is 4.74. The number of ketones is 2. The lowest BCUT2D eigenvalue weighted by Crippen LogP contribution is -2.43. The molecule has 2 aliphatic heterocycles. The molecule has 42 heavy (non-hydrogen) atoms. The number of nitrogens with zero attached hydrogens (tertiary/aromatic N) is 2. The largest absolute Gasteiger partial charge is 0.497 e. The smallest absolute Gasteiger partial charge is 0.316 e. The predicted octanol–water partition coefficient (Wildman–Crippen LogP) is 3.30. The van der Waals surface area contributed by atoms with Crippen LogP contribution in [0, 0.1) is 11.8 Å². The highest BCUT2D eigenvalue weighted by atomic mass is 16.5. The Morgan fingerprint density at radius 3 is 1.62 bits per heavy atom. The first-order valence-electron chi connectivity index (χ1n) is 15.2. The van der Waals surface area contributed by atoms with Gasteiger partial charge in [0.1, 0.15) is 23.3 Å². The Hall–Kier alpha value is -3.76. The van der Waals surface area contributed by atoms with Crippen LogP contribution in [0.4, 0.5) is 0 Å². The fourth-order valence-corrected chi connectivity index (χ4v) is 4.74. The molecule has 10 heteroatoms. The molecule has 0 N–H and O–H groups in total. The molecule has 2 heterocycles. The molecule has 228 valence electrons. The second kappa shape index (κ2) is 16.6. The third-order valence-electron chi connectivity index (χ3n) is 7.01. The molecular weight excluding hydrogens is 540 g/mol. The van der Waals surface area contributed by atoms with Crippen molar-refractivity contribution >= 4 is 23.5 Å². The minimum atomic E-state index is -2.18. The zero-order valence-corrected chi connectivity index (χ0v) is 24.8. The van der Waals surface area contributed by atoms with Crippen LogP contribution < -0.4 is 9.47 Å². The Morgan fingerprint density at radius 1 is 0.738 bits per heavy atom. The van der Waals surface area contributed by atoms with Crippen LogP contribution in [0.3, 0.4) is 0 Å². The van der Waals surface area contributed by atoms with Crippen LogP contribution in [0.5, 0.6) is 11.5 Å². The molecule has 0 amide bonds. The van der Waals surface area contributed by atoms with Crippen LogP contribution in [0.15, 0.2) is 48.5 Å². The molecule has 2 aromatic rings. The van der Waals surface area contributed by atoms with Crippen LogP contribution in [0.1, 0.15) is 40.6 Å². The van der Waals surface area contributed by atoms with Crippen molar-refractivity contribution in [3.05, 3.63) is 59.7 Å². The number of hydrogen-bond donors (Lipinski definition) is 0. The van der Waals surface area contributed by atoms with Crippen molar-refractivity contribution in [3.8, 4) is 11.5 Å². The molecule has 2 atom stereocenters. The molecule has 2 saturated heterocycles. The Kier molecular flexibility index (Phi) is 11.8. The van der Waals surface area contributed by atoms with Gasteiger partial charge in [0.15, 0.2) is 11.6 Å². The van der Waals surface area contributed by atoms with Crippen LogP contribution in [-0.4, -0.2) is 86.9 Å². The lowest BCUT2D eigenvalue weighted by atomic mass is 9.95. The highest BCUT2D eigenvalue weighted by Gasteiger charge is 2.34. The quantitative estimate of drug-likeness (QED) is 0.305. The third-order valence-corrected chi connectivity index (χ3v) is 7.01. The van der Waals surface area contributed by atoms with E-state index >= 15 is 0 Å². The van der Waals surface area contributed by atoms with Crippen molar-refractivity contribution in [1.29, 1.82) is 0 Å². The summed E-state index contributed by atoms with van der Waals surface area (Å²) in [4.78, 5) is 51.3. The summed E-state index contributed by atoms with van der Waals surface area (Å²) in [5.74, 6) is -1.86. The van der Waals surface area contributed by atoms with Crippen molar-refractivity contribution in [3.63, 3.8) is 0 Å². The van der Waals surface area contributed by atoms with E-state index in [1.165, 1.54) is 4.90 Å². The van der Waals surface area contributed by atoms with Crippen molar-refractivity contribution in [1.82, 2.24) is 9.80 Å². The van der Waals surface area contributed by atoms with Gasteiger partial charge in [-0.25, -0.2) is 0 Å². The van der Waals surface area contributed by atoms with Gasteiger partial charge in [0.25, 0.3) is 0 Å². The van der Waals surface area contributed by atoms with Crippen LogP contribution in [-0.2, 0) is 41.7 Å². The monoisotopic (exact) mass is 584 g/mol. The highest BCUT2D eigenvalue weighted by Crippen LogP contribution is 2.20. The molecule has 0 spiro atoms. The van der Waals surface area contributed by atoms with Crippen molar-refractivity contribution in [2.75, 3.05) is 53.6 Å². The van der Waals surface area contributed by atoms with Crippen LogP contribution in [0.2, 0.25) is 0 Å². The van der Waals surface area contributed by atoms with Crippen LogP contribution >= 0.6 is 0 Å². The second-order valence-corrected chi connectivity index (χ2v) is 9.96. The summed E-state index contributed by atoms with van der Waals surface area (Å²) in [5.41, 5.74) is 2.00. The van der Waals surface area contributed by atoms with Gasteiger partial charge in [-0.15, -0.1) is 0 Å². The molecule has 10 nitrogen and oxygen atoms in total. The van der Waals surface area contributed by atoms with Gasteiger partial charge in [-0.05, 0) is 62.1 Å². The maximum absolute atomic E-state index is 12.3. The molecule has 0 saturated carbocycles. The summed E-state index contributed by atoms with van der Waals surface area (Å²) in [6, 6.07) is 15.0. The second-order valence-electron chi connectivity index (χ2n) is 9.96. The van der Waals surface area contributed by atoms with Crippen LogP contribution in [0.25, 0.3) is 0 Å². The van der Waals surface area contributed by atoms with E-state index in [0.29, 0.717) is 38.4 Å². The normalized spacial score (nSPS) is 21.2. The number of rotatable bonds is 10. The molecule has 2 unspecified atom stereocenters. The van der Waals surface area contributed by atoms with Gasteiger partial charge in [0.2, 0.25) is 0 Å². The Morgan fingerprint density at radius 2 is 1.17 bits per heavy atom. The van der Waals surface area contributed by atoms with E-state index in [9.17, 15) is 19.2 Å². The van der Waals surface area contributed by atoms with Crippen molar-refractivity contribution in [2.24, 2.45) is 11.8 Å². The van der Waals surface area contributed by atoms with Crippen molar-refractivity contribution in [2.45, 2.75) is 39.8 Å². The van der Waals surface area contributed by atoms with E-state index in [2.05, 4.69) is 4.90 Å². The molecule has 4 rings (SSSR count). The molecule has 0 aromatic heterocycles. The van der Waals surface area contributed by atoms with E-state index in [4.69, 9.17) is 21.7 Å². The summed E-state index contributed by atoms with van der Waals surface area (Å²) in [6.45, 7) is 4.06. The fraction of sp³-hybridized carbons (Fsp3) is 0.500. The third kappa shape index (κ3) is 9.66. The summed E-state index contributed by atoms with van der Waals surface area (Å²) < 4.78 is 36.2. The lowest BCUT2D eigenvalue weighted by molar-refractivity contribution is -0.155. The van der Waals surface area contributed by atoms with E-state index < -0.39 is 30.1 Å². The molecule has 0 radical (unpaired) electrons. The van der Waals surface area contributed by atoms with Gasteiger partial charge >= 0.3 is 11.9 Å². The van der Waals surface area contributed by atoms with E-state index in [0.717, 1.165) is 23.4 Å². The minimum Gasteiger partial charge on any atom is -0.497 e. The molecule has 0 bridgehead atoms. The Labute approximate surface area is 250 Å². The molecule has 2 aliphatic rings. The number of methoxy groups -OCH3 is 2. The highest BCUT2D eigenvalue weighted by molar-refractivity contribution is 6.01. The number of carbonyl (C=O) groups is 4.